The molecule has 0 bridgehead atoms. The molecule has 1 aliphatic heterocycles. The lowest BCUT2D eigenvalue weighted by atomic mass is 10.1. The van der Waals surface area contributed by atoms with Gasteiger partial charge in [-0.05, 0) is 75.6 Å². The second kappa shape index (κ2) is 16.2. The third kappa shape index (κ3) is 11.2. The molecule has 0 radical (unpaired) electrons. The molecule has 0 aliphatic carbocycles. The van der Waals surface area contributed by atoms with E-state index in [1.165, 1.54) is 54.1 Å². The number of amides is 2. The first-order valence-electron chi connectivity index (χ1n) is 13.1. The Kier molecular flexibility index (Phi) is 13.7. The van der Waals surface area contributed by atoms with Gasteiger partial charge in [-0.2, -0.15) is 11.8 Å². The third-order valence-electron chi connectivity index (χ3n) is 5.90. The van der Waals surface area contributed by atoms with Crippen LogP contribution in [-0.4, -0.2) is 98.3 Å². The van der Waals surface area contributed by atoms with E-state index in [1.54, 1.807) is 20.8 Å². The summed E-state index contributed by atoms with van der Waals surface area (Å²) in [7, 11) is -2.89. The van der Waals surface area contributed by atoms with Crippen LogP contribution in [0.15, 0.2) is 41.8 Å². The fraction of sp³-hybridized carbons (Fsp3) is 0.556. The minimum absolute atomic E-state index is 0.0272. The number of hydrogen-bond acceptors (Lipinski definition) is 11. The number of carbonyl (C=O) groups is 4. The van der Waals surface area contributed by atoms with Crippen LogP contribution in [0.3, 0.4) is 0 Å². The van der Waals surface area contributed by atoms with Crippen molar-refractivity contribution in [1.29, 1.82) is 0 Å². The van der Waals surface area contributed by atoms with Gasteiger partial charge in [0, 0.05) is 29.9 Å². The first-order valence-corrected chi connectivity index (χ1v) is 16.9. The number of likely N-dealkylation sites (tertiary alicyclic amines) is 1. The largest absolute Gasteiger partial charge is 0.467 e. The van der Waals surface area contributed by atoms with Gasteiger partial charge >= 0.3 is 17.4 Å². The number of rotatable bonds is 13. The smallest absolute Gasteiger partial charge is 0.410 e. The summed E-state index contributed by atoms with van der Waals surface area (Å²) < 4.78 is 44.2. The number of esters is 1. The molecule has 1 aromatic carbocycles. The number of methoxy groups -OCH3 is 1. The molecule has 0 spiro atoms. The molecule has 0 aromatic heterocycles. The molecule has 1 aromatic rings. The molecular formula is C27H39N3O9S3. The van der Waals surface area contributed by atoms with Crippen molar-refractivity contribution in [2.24, 2.45) is 0 Å². The Hall–Kier alpha value is -2.75. The zero-order chi connectivity index (χ0) is 31.5. The van der Waals surface area contributed by atoms with E-state index < -0.39 is 51.0 Å². The van der Waals surface area contributed by atoms with Crippen LogP contribution < -0.4 is 10.0 Å². The summed E-state index contributed by atoms with van der Waals surface area (Å²) >= 11 is 2.45. The molecule has 15 heteroatoms. The van der Waals surface area contributed by atoms with Gasteiger partial charge in [-0.3, -0.25) is 4.79 Å². The molecule has 1 heterocycles. The monoisotopic (exact) mass is 645 g/mol. The molecule has 234 valence electrons. The number of sulfonamides is 1. The molecule has 12 nitrogen and oxygen atoms in total. The van der Waals surface area contributed by atoms with Gasteiger partial charge in [-0.1, -0.05) is 18.7 Å². The standard InChI is InChI=1S/C27H39N3O9S3/c1-7-12-38-25(33)30-17-20(41-26(34)39-27(2,3)4)15-19(30)16-28-42(35,36)21-10-8-9-18(14-21)23(31)29-22(11-13-40-6)24(32)37-5/h7-10,14,19-20,22,28H,1,11-13,15-17H2,2-6H3,(H,29,31)/t19-,20-,22-/m0/s1. The Labute approximate surface area is 255 Å². The highest BCUT2D eigenvalue weighted by molar-refractivity contribution is 8.13. The zero-order valence-electron chi connectivity index (χ0n) is 24.4. The number of thioether (sulfide) groups is 2. The van der Waals surface area contributed by atoms with E-state index in [1.807, 2.05) is 6.26 Å². The average Bonchev–Trinajstić information content (AvgIpc) is 3.33. The van der Waals surface area contributed by atoms with Crippen molar-refractivity contribution < 1.29 is 41.8 Å². The normalized spacial score (nSPS) is 17.7. The Morgan fingerprint density at radius 1 is 1.24 bits per heavy atom. The predicted octanol–water partition coefficient (Wildman–Crippen LogP) is 3.42. The van der Waals surface area contributed by atoms with E-state index in [0.717, 1.165) is 11.8 Å². The van der Waals surface area contributed by atoms with Gasteiger partial charge in [0.1, 0.15) is 18.2 Å². The first kappa shape index (κ1) is 35.4. The lowest BCUT2D eigenvalue weighted by Gasteiger charge is -2.24. The molecule has 42 heavy (non-hydrogen) atoms. The number of carbonyl (C=O) groups excluding carboxylic acids is 4. The lowest BCUT2D eigenvalue weighted by Crippen LogP contribution is -2.43. The molecule has 0 unspecified atom stereocenters. The summed E-state index contributed by atoms with van der Waals surface area (Å²) in [5.74, 6) is -0.620. The molecule has 2 amide bonds. The quantitative estimate of drug-likeness (QED) is 0.184. The first-order chi connectivity index (χ1) is 19.7. The van der Waals surface area contributed by atoms with E-state index in [2.05, 4.69) is 16.6 Å². The number of nitrogens with zero attached hydrogens (tertiary/aromatic N) is 1. The number of benzene rings is 1. The van der Waals surface area contributed by atoms with E-state index in [9.17, 15) is 27.6 Å². The molecule has 1 aliphatic rings. The molecule has 1 saturated heterocycles. The number of nitrogens with one attached hydrogen (secondary N) is 2. The van der Waals surface area contributed by atoms with Crippen LogP contribution in [0.5, 0.6) is 0 Å². The van der Waals surface area contributed by atoms with Crippen LogP contribution in [0.1, 0.15) is 44.0 Å². The highest BCUT2D eigenvalue weighted by Gasteiger charge is 2.39. The second-order valence-electron chi connectivity index (χ2n) is 10.3. The summed E-state index contributed by atoms with van der Waals surface area (Å²) in [6.45, 7) is 8.74. The minimum Gasteiger partial charge on any atom is -0.467 e. The third-order valence-corrected chi connectivity index (χ3v) is 8.92. The summed E-state index contributed by atoms with van der Waals surface area (Å²) in [6.07, 6.45) is 3.28. The Balaban J connectivity index is 2.15. The molecule has 0 saturated carbocycles. The van der Waals surface area contributed by atoms with E-state index >= 15 is 0 Å². The second-order valence-corrected chi connectivity index (χ2v) is 14.3. The highest BCUT2D eigenvalue weighted by Crippen LogP contribution is 2.30. The van der Waals surface area contributed by atoms with Crippen LogP contribution in [-0.2, 0) is 29.0 Å². The van der Waals surface area contributed by atoms with Crippen molar-refractivity contribution >= 4 is 56.8 Å². The van der Waals surface area contributed by atoms with Crippen molar-refractivity contribution in [2.45, 2.75) is 61.4 Å². The molecular weight excluding hydrogens is 607 g/mol. The maximum absolute atomic E-state index is 13.2. The molecule has 2 rings (SSSR count). The summed E-state index contributed by atoms with van der Waals surface area (Å²) in [5, 5.41) is 1.76. The van der Waals surface area contributed by atoms with E-state index in [4.69, 9.17) is 14.2 Å². The summed E-state index contributed by atoms with van der Waals surface area (Å²) in [6, 6.07) is 3.89. The lowest BCUT2D eigenvalue weighted by molar-refractivity contribution is -0.142. The van der Waals surface area contributed by atoms with Crippen LogP contribution in [0.2, 0.25) is 0 Å². The Bertz CT molecular complexity index is 1230. The van der Waals surface area contributed by atoms with Crippen molar-refractivity contribution in [2.75, 3.05) is 38.8 Å². The van der Waals surface area contributed by atoms with Crippen molar-refractivity contribution in [1.82, 2.24) is 14.9 Å². The van der Waals surface area contributed by atoms with E-state index in [0.29, 0.717) is 18.6 Å². The molecule has 3 atom stereocenters. The van der Waals surface area contributed by atoms with Gasteiger partial charge in [-0.25, -0.2) is 27.5 Å². The van der Waals surface area contributed by atoms with Crippen LogP contribution >= 0.6 is 23.5 Å². The topological polar surface area (TPSA) is 157 Å². The summed E-state index contributed by atoms with van der Waals surface area (Å²) in [5.41, 5.74) is -0.638. The van der Waals surface area contributed by atoms with Crippen molar-refractivity contribution in [3.63, 3.8) is 0 Å². The maximum atomic E-state index is 13.2. The van der Waals surface area contributed by atoms with Gasteiger partial charge in [0.25, 0.3) is 5.91 Å². The Morgan fingerprint density at radius 3 is 2.57 bits per heavy atom. The number of ether oxygens (including phenoxy) is 3. The fourth-order valence-corrected chi connectivity index (χ4v) is 6.68. The van der Waals surface area contributed by atoms with Gasteiger partial charge in [0.15, 0.2) is 0 Å². The predicted molar refractivity (Wildman–Crippen MR) is 162 cm³/mol. The highest BCUT2D eigenvalue weighted by atomic mass is 32.2. The van der Waals surface area contributed by atoms with Gasteiger partial charge in [0.05, 0.1) is 12.0 Å². The van der Waals surface area contributed by atoms with Crippen LogP contribution in [0, 0.1) is 0 Å². The van der Waals surface area contributed by atoms with Crippen LogP contribution in [0.25, 0.3) is 0 Å². The van der Waals surface area contributed by atoms with Crippen LogP contribution in [0.4, 0.5) is 9.59 Å². The minimum atomic E-state index is -4.12. The van der Waals surface area contributed by atoms with Gasteiger partial charge in [0.2, 0.25) is 10.0 Å². The van der Waals surface area contributed by atoms with Crippen molar-refractivity contribution in [3.05, 3.63) is 42.5 Å². The van der Waals surface area contributed by atoms with Gasteiger partial charge < -0.3 is 24.4 Å². The molecule has 1 fully saturated rings. The Morgan fingerprint density at radius 2 is 1.95 bits per heavy atom. The van der Waals surface area contributed by atoms with E-state index in [-0.39, 0.29) is 35.4 Å². The maximum Gasteiger partial charge on any atom is 0.410 e. The van der Waals surface area contributed by atoms with Crippen molar-refractivity contribution in [3.8, 4) is 0 Å². The average molecular weight is 646 g/mol. The number of hydrogen-bond donors (Lipinski definition) is 2. The van der Waals surface area contributed by atoms with Gasteiger partial charge in [-0.15, -0.1) is 0 Å². The SMILES string of the molecule is C=CCOC(=O)N1C[C@@H](SC(=O)OC(C)(C)C)C[C@H]1CNS(=O)(=O)c1cccc(C(=O)N[C@@H](CCSC)C(=O)OC)c1. The fourth-order valence-electron chi connectivity index (χ4n) is 3.96. The molecule has 2 N–H and O–H groups in total. The summed E-state index contributed by atoms with van der Waals surface area (Å²) in [4.78, 5) is 51.2. The zero-order valence-corrected chi connectivity index (χ0v) is 26.9.